The number of aromatic nitrogens is 1. The third-order valence-corrected chi connectivity index (χ3v) is 5.26. The van der Waals surface area contributed by atoms with Gasteiger partial charge in [0, 0.05) is 38.9 Å². The normalized spacial score (nSPS) is 16.3. The van der Waals surface area contributed by atoms with Gasteiger partial charge in [-0.1, -0.05) is 23.7 Å². The summed E-state index contributed by atoms with van der Waals surface area (Å²) in [5, 5.41) is 7.60. The molecule has 0 aliphatic carbocycles. The molecule has 29 heavy (non-hydrogen) atoms. The van der Waals surface area contributed by atoms with E-state index in [1.54, 1.807) is 20.4 Å². The first-order valence-corrected chi connectivity index (χ1v) is 9.94. The van der Waals surface area contributed by atoms with E-state index in [-0.39, 0.29) is 24.0 Å². The fraction of sp³-hybridized carbons (Fsp3) is 0.429. The van der Waals surface area contributed by atoms with Gasteiger partial charge in [-0.25, -0.2) is 4.98 Å². The monoisotopic (exact) mass is 529 g/mol. The van der Waals surface area contributed by atoms with E-state index < -0.39 is 0 Å². The number of methoxy groups -OCH3 is 1. The van der Waals surface area contributed by atoms with Crippen molar-refractivity contribution < 1.29 is 4.74 Å². The molecule has 1 aromatic carbocycles. The number of aryl methyl sites for hydroxylation is 1. The van der Waals surface area contributed by atoms with E-state index in [2.05, 4.69) is 50.6 Å². The van der Waals surface area contributed by atoms with Gasteiger partial charge in [-0.05, 0) is 49.1 Å². The highest BCUT2D eigenvalue weighted by atomic mass is 127. The van der Waals surface area contributed by atoms with Crippen molar-refractivity contribution in [1.29, 1.82) is 0 Å². The topological polar surface area (TPSA) is 61.8 Å². The van der Waals surface area contributed by atoms with Gasteiger partial charge < -0.3 is 20.3 Å². The Bertz CT molecular complexity index is 832. The van der Waals surface area contributed by atoms with Crippen LogP contribution in [0.4, 0.5) is 5.82 Å². The second-order valence-electron chi connectivity index (χ2n) is 6.94. The van der Waals surface area contributed by atoms with Gasteiger partial charge in [0.1, 0.15) is 11.6 Å². The van der Waals surface area contributed by atoms with Gasteiger partial charge in [0.25, 0.3) is 0 Å². The number of halogens is 2. The van der Waals surface area contributed by atoms with Crippen LogP contribution in [-0.4, -0.2) is 50.8 Å². The lowest BCUT2D eigenvalue weighted by atomic mass is 10.1. The van der Waals surface area contributed by atoms with Gasteiger partial charge in [0.15, 0.2) is 5.96 Å². The first-order valence-electron chi connectivity index (χ1n) is 9.57. The summed E-state index contributed by atoms with van der Waals surface area (Å²) in [6, 6.07) is 10.4. The summed E-state index contributed by atoms with van der Waals surface area (Å²) in [6.07, 6.45) is 3.70. The van der Waals surface area contributed by atoms with Crippen LogP contribution >= 0.6 is 35.6 Å². The number of nitrogens with zero attached hydrogens (tertiary/aromatic N) is 3. The summed E-state index contributed by atoms with van der Waals surface area (Å²) in [5.41, 5.74) is 2.39. The third kappa shape index (κ3) is 6.37. The summed E-state index contributed by atoms with van der Waals surface area (Å²) in [6.45, 7) is 4.63. The van der Waals surface area contributed by atoms with Crippen molar-refractivity contribution in [3.63, 3.8) is 0 Å². The molecule has 3 rings (SSSR count). The Balaban J connectivity index is 0.00000300. The van der Waals surface area contributed by atoms with E-state index in [1.807, 2.05) is 12.1 Å². The molecular weight excluding hydrogens is 501 g/mol. The Morgan fingerprint density at radius 3 is 2.93 bits per heavy atom. The summed E-state index contributed by atoms with van der Waals surface area (Å²) in [5.74, 6) is 2.60. The number of hydrogen-bond acceptors (Lipinski definition) is 4. The van der Waals surface area contributed by atoms with Gasteiger partial charge in [0.05, 0.1) is 12.1 Å². The molecule has 6 nitrogen and oxygen atoms in total. The highest BCUT2D eigenvalue weighted by molar-refractivity contribution is 14.0. The predicted octanol–water partition coefficient (Wildman–Crippen LogP) is 3.66. The van der Waals surface area contributed by atoms with Crippen LogP contribution in [0.2, 0.25) is 5.02 Å². The van der Waals surface area contributed by atoms with Crippen LogP contribution in [0, 0.1) is 6.92 Å². The first kappa shape index (κ1) is 23.5. The van der Waals surface area contributed by atoms with Crippen molar-refractivity contribution >= 4 is 47.4 Å². The smallest absolute Gasteiger partial charge is 0.191 e. The standard InChI is InChI=1S/C21H28ClN5O.HI/c1-15-6-7-16(13-19(15)28-3)8-11-25-21(23-2)26-17-9-12-27(14-17)20-18(22)5-4-10-24-20;/h4-7,10,13,17H,8-9,11-12,14H2,1-3H3,(H2,23,25,26);1H. The molecule has 1 saturated heterocycles. The average Bonchev–Trinajstić information content (AvgIpc) is 3.17. The predicted molar refractivity (Wildman–Crippen MR) is 131 cm³/mol. The number of hydrogen-bond donors (Lipinski definition) is 2. The van der Waals surface area contributed by atoms with Crippen LogP contribution in [0.25, 0.3) is 0 Å². The molecule has 2 heterocycles. The van der Waals surface area contributed by atoms with Crippen LogP contribution in [0.15, 0.2) is 41.5 Å². The van der Waals surface area contributed by atoms with Crippen LogP contribution < -0.4 is 20.3 Å². The van der Waals surface area contributed by atoms with Crippen molar-refractivity contribution in [1.82, 2.24) is 15.6 Å². The molecule has 2 N–H and O–H groups in total. The lowest BCUT2D eigenvalue weighted by molar-refractivity contribution is 0.411. The quantitative estimate of drug-likeness (QED) is 0.340. The summed E-state index contributed by atoms with van der Waals surface area (Å²) in [4.78, 5) is 11.0. The Hall–Kier alpha value is -1.74. The minimum absolute atomic E-state index is 0. The van der Waals surface area contributed by atoms with Gasteiger partial charge in [-0.2, -0.15) is 0 Å². The van der Waals surface area contributed by atoms with Crippen LogP contribution in [0.5, 0.6) is 5.75 Å². The molecule has 0 saturated carbocycles. The highest BCUT2D eigenvalue weighted by Gasteiger charge is 2.25. The largest absolute Gasteiger partial charge is 0.496 e. The second kappa shape index (κ2) is 11.4. The van der Waals surface area contributed by atoms with E-state index in [0.717, 1.165) is 55.6 Å². The zero-order valence-electron chi connectivity index (χ0n) is 17.1. The number of benzene rings is 1. The first-order chi connectivity index (χ1) is 13.6. The zero-order chi connectivity index (χ0) is 19.9. The van der Waals surface area contributed by atoms with Crippen molar-refractivity contribution in [2.24, 2.45) is 4.99 Å². The number of pyridine rings is 1. The van der Waals surface area contributed by atoms with Crippen molar-refractivity contribution in [3.8, 4) is 5.75 Å². The molecule has 1 atom stereocenters. The number of nitrogens with one attached hydrogen (secondary N) is 2. The lowest BCUT2D eigenvalue weighted by Gasteiger charge is -2.20. The number of guanidine groups is 1. The van der Waals surface area contributed by atoms with Crippen molar-refractivity contribution in [3.05, 3.63) is 52.7 Å². The average molecular weight is 530 g/mol. The Labute approximate surface area is 195 Å². The van der Waals surface area contributed by atoms with Gasteiger partial charge in [-0.15, -0.1) is 24.0 Å². The minimum Gasteiger partial charge on any atom is -0.496 e. The maximum absolute atomic E-state index is 6.27. The molecule has 0 spiro atoms. The molecule has 2 aromatic rings. The van der Waals surface area contributed by atoms with Gasteiger partial charge in [0.2, 0.25) is 0 Å². The van der Waals surface area contributed by atoms with E-state index in [9.17, 15) is 0 Å². The molecule has 1 unspecified atom stereocenters. The van der Waals surface area contributed by atoms with Crippen LogP contribution in [0.3, 0.4) is 0 Å². The third-order valence-electron chi connectivity index (χ3n) is 4.97. The zero-order valence-corrected chi connectivity index (χ0v) is 20.2. The van der Waals surface area contributed by atoms with E-state index in [1.165, 1.54) is 5.56 Å². The summed E-state index contributed by atoms with van der Waals surface area (Å²) >= 11 is 6.27. The molecule has 1 aliphatic rings. The van der Waals surface area contributed by atoms with Crippen LogP contribution in [-0.2, 0) is 6.42 Å². The van der Waals surface area contributed by atoms with Crippen molar-refractivity contribution in [2.75, 3.05) is 38.7 Å². The highest BCUT2D eigenvalue weighted by Crippen LogP contribution is 2.25. The molecule has 1 fully saturated rings. The van der Waals surface area contributed by atoms with E-state index in [4.69, 9.17) is 16.3 Å². The van der Waals surface area contributed by atoms with Crippen molar-refractivity contribution in [2.45, 2.75) is 25.8 Å². The van der Waals surface area contributed by atoms with E-state index in [0.29, 0.717) is 11.1 Å². The van der Waals surface area contributed by atoms with Crippen LogP contribution in [0.1, 0.15) is 17.5 Å². The molecule has 0 bridgehead atoms. The maximum Gasteiger partial charge on any atom is 0.191 e. The molecule has 0 amide bonds. The van der Waals surface area contributed by atoms with Gasteiger partial charge >= 0.3 is 0 Å². The maximum atomic E-state index is 6.27. The Morgan fingerprint density at radius 1 is 1.38 bits per heavy atom. The summed E-state index contributed by atoms with van der Waals surface area (Å²) < 4.78 is 5.40. The molecular formula is C21H29ClIN5O. The fourth-order valence-corrected chi connectivity index (χ4v) is 3.65. The lowest BCUT2D eigenvalue weighted by Crippen LogP contribution is -2.45. The second-order valence-corrected chi connectivity index (χ2v) is 7.34. The number of ether oxygens (including phenoxy) is 1. The number of anilines is 1. The fourth-order valence-electron chi connectivity index (χ4n) is 3.41. The molecule has 1 aliphatic heterocycles. The molecule has 158 valence electrons. The SMILES string of the molecule is CN=C(NCCc1ccc(C)c(OC)c1)NC1CCN(c2ncccc2Cl)C1.I. The Morgan fingerprint density at radius 2 is 2.21 bits per heavy atom. The molecule has 0 radical (unpaired) electrons. The van der Waals surface area contributed by atoms with E-state index >= 15 is 0 Å². The summed E-state index contributed by atoms with van der Waals surface area (Å²) in [7, 11) is 3.51. The molecule has 8 heteroatoms. The minimum atomic E-state index is 0. The Kier molecular flexibility index (Phi) is 9.29. The number of aliphatic imine (C=N–C) groups is 1. The molecule has 1 aromatic heterocycles. The number of rotatable bonds is 6. The van der Waals surface area contributed by atoms with Gasteiger partial charge in [-0.3, -0.25) is 4.99 Å².